The number of pyridine rings is 1. The van der Waals surface area contributed by atoms with Gasteiger partial charge in [0.1, 0.15) is 15.8 Å². The van der Waals surface area contributed by atoms with Crippen LogP contribution in [0.4, 0.5) is 5.82 Å². The molecule has 2 aliphatic rings. The van der Waals surface area contributed by atoms with Crippen LogP contribution in [0.3, 0.4) is 0 Å². The van der Waals surface area contributed by atoms with Crippen LogP contribution in [-0.4, -0.2) is 32.7 Å². The van der Waals surface area contributed by atoms with Gasteiger partial charge in [-0.15, -0.1) is 0 Å². The summed E-state index contributed by atoms with van der Waals surface area (Å²) in [4.78, 5) is 32.6. The van der Waals surface area contributed by atoms with Crippen molar-refractivity contribution in [1.29, 1.82) is 0 Å². The second-order valence-corrected chi connectivity index (χ2v) is 8.21. The van der Waals surface area contributed by atoms with Crippen molar-refractivity contribution < 1.29 is 4.79 Å². The Bertz CT molecular complexity index is 1010. The van der Waals surface area contributed by atoms with Crippen molar-refractivity contribution in [3.8, 4) is 0 Å². The Labute approximate surface area is 160 Å². The predicted octanol–water partition coefficient (Wildman–Crippen LogP) is 2.48. The molecule has 0 aromatic carbocycles. The molecule has 0 spiro atoms. The second-order valence-electron chi connectivity index (χ2n) is 6.49. The number of amides is 1. The van der Waals surface area contributed by atoms with Gasteiger partial charge in [-0.05, 0) is 43.9 Å². The van der Waals surface area contributed by atoms with Gasteiger partial charge in [0.05, 0.1) is 10.5 Å². The molecule has 2 fully saturated rings. The molecule has 26 heavy (non-hydrogen) atoms. The molecule has 0 atom stereocenters. The van der Waals surface area contributed by atoms with Gasteiger partial charge < -0.3 is 10.2 Å². The summed E-state index contributed by atoms with van der Waals surface area (Å²) in [5.74, 6) is 0.385. The lowest BCUT2D eigenvalue weighted by molar-refractivity contribution is -0.115. The molecule has 4 rings (SSSR count). The molecule has 2 aliphatic heterocycles. The van der Waals surface area contributed by atoms with Crippen molar-refractivity contribution in [2.24, 2.45) is 0 Å². The maximum atomic E-state index is 13.2. The summed E-state index contributed by atoms with van der Waals surface area (Å²) < 4.78 is 1.95. The minimum atomic E-state index is -0.265. The minimum Gasteiger partial charge on any atom is -0.356 e. The lowest BCUT2D eigenvalue weighted by Crippen LogP contribution is -2.33. The summed E-state index contributed by atoms with van der Waals surface area (Å²) in [6, 6.07) is 3.80. The Kier molecular flexibility index (Phi) is 4.54. The fourth-order valence-electron chi connectivity index (χ4n) is 3.27. The monoisotopic (exact) mass is 386 g/mol. The number of anilines is 1. The van der Waals surface area contributed by atoms with Gasteiger partial charge in [0, 0.05) is 19.3 Å². The Hall–Kier alpha value is -2.19. The van der Waals surface area contributed by atoms with Crippen molar-refractivity contribution >= 4 is 51.7 Å². The van der Waals surface area contributed by atoms with Gasteiger partial charge in [0.15, 0.2) is 0 Å². The number of nitrogens with zero attached hydrogens (tertiary/aromatic N) is 3. The maximum Gasteiger partial charge on any atom is 0.267 e. The third-order valence-corrected chi connectivity index (χ3v) is 5.72. The second kappa shape index (κ2) is 6.85. The average Bonchev–Trinajstić information content (AvgIpc) is 2.95. The van der Waals surface area contributed by atoms with E-state index in [1.165, 1.54) is 18.2 Å². The maximum absolute atomic E-state index is 13.2. The zero-order valence-electron chi connectivity index (χ0n) is 14.3. The molecule has 2 saturated heterocycles. The normalized spacial score (nSPS) is 19.4. The highest BCUT2D eigenvalue weighted by atomic mass is 32.2. The number of carbonyl (C=O) groups excluding carboxylic acids is 1. The largest absolute Gasteiger partial charge is 0.356 e. The number of hydrogen-bond donors (Lipinski definition) is 1. The van der Waals surface area contributed by atoms with Crippen LogP contribution >= 0.6 is 24.0 Å². The van der Waals surface area contributed by atoms with Gasteiger partial charge in [0.2, 0.25) is 0 Å². The van der Waals surface area contributed by atoms with E-state index in [0.717, 1.165) is 31.5 Å². The van der Waals surface area contributed by atoms with Gasteiger partial charge in [-0.3, -0.25) is 14.0 Å². The molecule has 0 radical (unpaired) electrons. The summed E-state index contributed by atoms with van der Waals surface area (Å²) in [6.45, 7) is 3.66. The van der Waals surface area contributed by atoms with E-state index in [9.17, 15) is 9.59 Å². The van der Waals surface area contributed by atoms with E-state index in [4.69, 9.17) is 17.2 Å². The molecule has 8 heteroatoms. The van der Waals surface area contributed by atoms with Crippen molar-refractivity contribution in [2.45, 2.75) is 26.2 Å². The Morgan fingerprint density at radius 2 is 2.00 bits per heavy atom. The van der Waals surface area contributed by atoms with Crippen molar-refractivity contribution in [2.75, 3.05) is 18.0 Å². The highest BCUT2D eigenvalue weighted by Crippen LogP contribution is 2.29. The standard InChI is InChI=1S/C18H18N4O2S2/c1-11-5-6-14-19-15(21-7-3-2-4-8-21)12(17(24)22(14)10-11)9-13-16(23)20-18(25)26-13/h5-6,9-10H,2-4,7-8H2,1H3,(H,20,23,25)/b13-9-. The topological polar surface area (TPSA) is 66.7 Å². The van der Waals surface area contributed by atoms with Crippen LogP contribution in [0.2, 0.25) is 0 Å². The average molecular weight is 387 g/mol. The fourth-order valence-corrected chi connectivity index (χ4v) is 4.30. The highest BCUT2D eigenvalue weighted by molar-refractivity contribution is 8.26. The van der Waals surface area contributed by atoms with E-state index >= 15 is 0 Å². The first kappa shape index (κ1) is 17.2. The predicted molar refractivity (Wildman–Crippen MR) is 109 cm³/mol. The van der Waals surface area contributed by atoms with Crippen LogP contribution in [-0.2, 0) is 4.79 Å². The molecule has 0 aliphatic carbocycles. The molecule has 2 aromatic heterocycles. The first-order valence-corrected chi connectivity index (χ1v) is 9.78. The van der Waals surface area contributed by atoms with Crippen LogP contribution in [0.5, 0.6) is 0 Å². The number of carbonyl (C=O) groups is 1. The zero-order valence-corrected chi connectivity index (χ0v) is 16.0. The molecule has 1 N–H and O–H groups in total. The molecule has 1 amide bonds. The van der Waals surface area contributed by atoms with Gasteiger partial charge in [0.25, 0.3) is 11.5 Å². The van der Waals surface area contributed by atoms with Crippen LogP contribution in [0.25, 0.3) is 11.7 Å². The number of rotatable bonds is 2. The molecule has 6 nitrogen and oxygen atoms in total. The molecular weight excluding hydrogens is 368 g/mol. The van der Waals surface area contributed by atoms with E-state index in [-0.39, 0.29) is 11.5 Å². The molecule has 0 bridgehead atoms. The SMILES string of the molecule is Cc1ccc2nc(N3CCCCC3)c(/C=C3\SC(=S)NC3=O)c(=O)n2c1. The molecular formula is C18H18N4O2S2. The molecule has 134 valence electrons. The van der Waals surface area contributed by atoms with Crippen LogP contribution < -0.4 is 15.8 Å². The quantitative estimate of drug-likeness (QED) is 0.632. The van der Waals surface area contributed by atoms with Crippen LogP contribution in [0, 0.1) is 6.92 Å². The number of nitrogens with one attached hydrogen (secondary N) is 1. The molecule has 2 aromatic rings. The van der Waals surface area contributed by atoms with E-state index in [0.29, 0.717) is 26.3 Å². The van der Waals surface area contributed by atoms with E-state index in [1.54, 1.807) is 16.7 Å². The Morgan fingerprint density at radius 3 is 2.69 bits per heavy atom. The number of aryl methyl sites for hydroxylation is 1. The molecule has 0 saturated carbocycles. The first-order chi connectivity index (χ1) is 12.5. The van der Waals surface area contributed by atoms with Crippen LogP contribution in [0.15, 0.2) is 28.0 Å². The number of thiocarbonyl (C=S) groups is 1. The zero-order chi connectivity index (χ0) is 18.3. The smallest absolute Gasteiger partial charge is 0.267 e. The number of fused-ring (bicyclic) bond motifs is 1. The van der Waals surface area contributed by atoms with Crippen molar-refractivity contribution in [3.05, 3.63) is 44.7 Å². The van der Waals surface area contributed by atoms with E-state index in [2.05, 4.69) is 10.2 Å². The Morgan fingerprint density at radius 1 is 1.23 bits per heavy atom. The van der Waals surface area contributed by atoms with E-state index in [1.807, 2.05) is 19.1 Å². The van der Waals surface area contributed by atoms with E-state index < -0.39 is 0 Å². The third-order valence-electron chi connectivity index (χ3n) is 4.56. The minimum absolute atomic E-state index is 0.169. The van der Waals surface area contributed by atoms with Crippen molar-refractivity contribution in [1.82, 2.24) is 14.7 Å². The molecule has 4 heterocycles. The van der Waals surface area contributed by atoms with Gasteiger partial charge in [-0.2, -0.15) is 0 Å². The number of aromatic nitrogens is 2. The number of hydrogen-bond acceptors (Lipinski definition) is 6. The summed E-state index contributed by atoms with van der Waals surface area (Å²) in [7, 11) is 0. The first-order valence-electron chi connectivity index (χ1n) is 8.56. The summed E-state index contributed by atoms with van der Waals surface area (Å²) >= 11 is 6.23. The summed E-state index contributed by atoms with van der Waals surface area (Å²) in [6.07, 6.45) is 6.74. The molecule has 0 unspecified atom stereocenters. The number of piperidine rings is 1. The fraction of sp³-hybridized carbons (Fsp3) is 0.333. The summed E-state index contributed by atoms with van der Waals surface area (Å²) in [5.41, 5.74) is 1.86. The van der Waals surface area contributed by atoms with Gasteiger partial charge in [-0.1, -0.05) is 30.0 Å². The lowest BCUT2D eigenvalue weighted by atomic mass is 10.1. The van der Waals surface area contributed by atoms with Gasteiger partial charge >= 0.3 is 0 Å². The van der Waals surface area contributed by atoms with Gasteiger partial charge in [-0.25, -0.2) is 4.98 Å². The highest BCUT2D eigenvalue weighted by Gasteiger charge is 2.25. The number of thioether (sulfide) groups is 1. The lowest BCUT2D eigenvalue weighted by Gasteiger charge is -2.29. The third kappa shape index (κ3) is 3.14. The summed E-state index contributed by atoms with van der Waals surface area (Å²) in [5, 5.41) is 2.60. The Balaban J connectivity index is 1.94. The van der Waals surface area contributed by atoms with Crippen molar-refractivity contribution in [3.63, 3.8) is 0 Å². The van der Waals surface area contributed by atoms with Crippen LogP contribution in [0.1, 0.15) is 30.4 Å².